The maximum atomic E-state index is 4.55. The summed E-state index contributed by atoms with van der Waals surface area (Å²) in [5.41, 5.74) is 2.59. The third-order valence-electron chi connectivity index (χ3n) is 3.80. The maximum Gasteiger partial charge on any atom is 0.0407 e. The Bertz CT molecular complexity index is 318. The van der Waals surface area contributed by atoms with Gasteiger partial charge in [0.2, 0.25) is 0 Å². The van der Waals surface area contributed by atoms with E-state index in [4.69, 9.17) is 0 Å². The van der Waals surface area contributed by atoms with Crippen LogP contribution in [-0.4, -0.2) is 18.1 Å². The van der Waals surface area contributed by atoms with Gasteiger partial charge in [-0.3, -0.25) is 4.98 Å². The lowest BCUT2D eigenvalue weighted by molar-refractivity contribution is 0.420. The minimum Gasteiger partial charge on any atom is -0.317 e. The quantitative estimate of drug-likeness (QED) is 0.840. The van der Waals surface area contributed by atoms with Gasteiger partial charge >= 0.3 is 0 Å². The molecule has 1 saturated carbocycles. The van der Waals surface area contributed by atoms with Crippen molar-refractivity contribution in [3.8, 4) is 0 Å². The van der Waals surface area contributed by atoms with Crippen LogP contribution in [0.1, 0.15) is 37.4 Å². The number of hydrogen-bond acceptors (Lipinski definition) is 2. The molecule has 2 rings (SSSR count). The molecule has 0 aromatic carbocycles. The lowest BCUT2D eigenvalue weighted by atomic mass is 9.97. The fraction of sp³-hybridized carbons (Fsp3) is 0.643. The molecule has 1 heterocycles. The highest BCUT2D eigenvalue weighted by atomic mass is 14.9. The molecule has 1 aromatic rings. The van der Waals surface area contributed by atoms with Gasteiger partial charge in [-0.1, -0.05) is 19.4 Å². The summed E-state index contributed by atoms with van der Waals surface area (Å²) in [4.78, 5) is 4.55. The summed E-state index contributed by atoms with van der Waals surface area (Å²) in [6.45, 7) is 2.17. The van der Waals surface area contributed by atoms with Gasteiger partial charge in [0.25, 0.3) is 0 Å². The van der Waals surface area contributed by atoms with Gasteiger partial charge in [-0.25, -0.2) is 0 Å². The van der Waals surface area contributed by atoms with E-state index >= 15 is 0 Å². The predicted molar refractivity (Wildman–Crippen MR) is 67.5 cm³/mol. The molecule has 0 radical (unpaired) electrons. The van der Waals surface area contributed by atoms with Crippen LogP contribution in [0, 0.1) is 5.92 Å². The molecule has 0 saturated heterocycles. The summed E-state index contributed by atoms with van der Waals surface area (Å²) in [5.74, 6) is 0.782. The maximum absolute atomic E-state index is 4.55. The third-order valence-corrected chi connectivity index (χ3v) is 3.80. The standard InChI is InChI=1S/C14H22N2/c1-3-11-7-8-13(16-10-11)9-12-5-4-6-14(12)15-2/h7-8,10,12,14-15H,3-6,9H2,1-2H3. The Morgan fingerprint density at radius 3 is 2.88 bits per heavy atom. The number of pyridine rings is 1. The first kappa shape index (κ1) is 11.6. The summed E-state index contributed by atoms with van der Waals surface area (Å²) >= 11 is 0. The second-order valence-electron chi connectivity index (χ2n) is 4.80. The SMILES string of the molecule is CCc1ccc(CC2CCCC2NC)nc1. The van der Waals surface area contributed by atoms with Gasteiger partial charge in [-0.05, 0) is 50.3 Å². The topological polar surface area (TPSA) is 24.9 Å². The van der Waals surface area contributed by atoms with E-state index in [1.807, 2.05) is 6.20 Å². The fourth-order valence-corrected chi connectivity index (χ4v) is 2.71. The first-order valence-corrected chi connectivity index (χ1v) is 6.44. The van der Waals surface area contributed by atoms with Crippen LogP contribution < -0.4 is 5.32 Å². The smallest absolute Gasteiger partial charge is 0.0407 e. The van der Waals surface area contributed by atoms with E-state index < -0.39 is 0 Å². The number of rotatable bonds is 4. The molecule has 0 bridgehead atoms. The first-order valence-electron chi connectivity index (χ1n) is 6.44. The highest BCUT2D eigenvalue weighted by molar-refractivity contribution is 5.14. The van der Waals surface area contributed by atoms with Crippen LogP contribution in [0.25, 0.3) is 0 Å². The summed E-state index contributed by atoms with van der Waals surface area (Å²) in [6.07, 6.45) is 8.28. The minimum absolute atomic E-state index is 0.702. The highest BCUT2D eigenvalue weighted by Crippen LogP contribution is 2.28. The lowest BCUT2D eigenvalue weighted by Crippen LogP contribution is -2.30. The fourth-order valence-electron chi connectivity index (χ4n) is 2.71. The normalized spacial score (nSPS) is 24.9. The molecule has 2 heteroatoms. The molecular weight excluding hydrogens is 196 g/mol. The van der Waals surface area contributed by atoms with Crippen molar-refractivity contribution in [2.45, 2.75) is 45.1 Å². The molecule has 0 spiro atoms. The molecule has 1 aliphatic carbocycles. The van der Waals surface area contributed by atoms with Gasteiger partial charge in [-0.2, -0.15) is 0 Å². The van der Waals surface area contributed by atoms with E-state index in [2.05, 4.69) is 36.4 Å². The highest BCUT2D eigenvalue weighted by Gasteiger charge is 2.25. The summed E-state index contributed by atoms with van der Waals surface area (Å²) in [5, 5.41) is 3.43. The summed E-state index contributed by atoms with van der Waals surface area (Å²) in [7, 11) is 2.08. The zero-order chi connectivity index (χ0) is 11.4. The molecule has 0 amide bonds. The van der Waals surface area contributed by atoms with Crippen molar-refractivity contribution in [2.75, 3.05) is 7.05 Å². The van der Waals surface area contributed by atoms with Crippen LogP contribution in [0.5, 0.6) is 0 Å². The van der Waals surface area contributed by atoms with Gasteiger partial charge in [0.05, 0.1) is 0 Å². The van der Waals surface area contributed by atoms with Crippen molar-refractivity contribution >= 4 is 0 Å². The average molecular weight is 218 g/mol. The largest absolute Gasteiger partial charge is 0.317 e. The van der Waals surface area contributed by atoms with Crippen LogP contribution in [0.2, 0.25) is 0 Å². The van der Waals surface area contributed by atoms with E-state index in [0.29, 0.717) is 6.04 Å². The van der Waals surface area contributed by atoms with Crippen molar-refractivity contribution in [1.82, 2.24) is 10.3 Å². The van der Waals surface area contributed by atoms with Crippen molar-refractivity contribution in [2.24, 2.45) is 5.92 Å². The number of hydrogen-bond donors (Lipinski definition) is 1. The van der Waals surface area contributed by atoms with Gasteiger partial charge < -0.3 is 5.32 Å². The molecular formula is C14H22N2. The minimum atomic E-state index is 0.702. The van der Waals surface area contributed by atoms with E-state index in [-0.39, 0.29) is 0 Å². The van der Waals surface area contributed by atoms with Crippen LogP contribution >= 0.6 is 0 Å². The Hall–Kier alpha value is -0.890. The van der Waals surface area contributed by atoms with Crippen molar-refractivity contribution in [3.05, 3.63) is 29.6 Å². The molecule has 1 N–H and O–H groups in total. The van der Waals surface area contributed by atoms with Crippen LogP contribution in [0.15, 0.2) is 18.3 Å². The average Bonchev–Trinajstić information content (AvgIpc) is 2.77. The van der Waals surface area contributed by atoms with E-state index in [0.717, 1.165) is 18.8 Å². The molecule has 0 aliphatic heterocycles. The van der Waals surface area contributed by atoms with Crippen molar-refractivity contribution < 1.29 is 0 Å². The van der Waals surface area contributed by atoms with Crippen molar-refractivity contribution in [3.63, 3.8) is 0 Å². The number of aromatic nitrogens is 1. The second kappa shape index (κ2) is 5.44. The molecule has 2 atom stereocenters. The Labute approximate surface area is 98.5 Å². The molecule has 16 heavy (non-hydrogen) atoms. The van der Waals surface area contributed by atoms with Crippen LogP contribution in [0.4, 0.5) is 0 Å². The van der Waals surface area contributed by atoms with Crippen LogP contribution in [-0.2, 0) is 12.8 Å². The number of nitrogens with zero attached hydrogens (tertiary/aromatic N) is 1. The van der Waals surface area contributed by atoms with E-state index in [1.54, 1.807) is 0 Å². The third kappa shape index (κ3) is 2.62. The molecule has 2 nitrogen and oxygen atoms in total. The Morgan fingerprint density at radius 2 is 2.25 bits per heavy atom. The van der Waals surface area contributed by atoms with Gasteiger partial charge in [0, 0.05) is 17.9 Å². The summed E-state index contributed by atoms with van der Waals surface area (Å²) in [6, 6.07) is 5.11. The van der Waals surface area contributed by atoms with Gasteiger partial charge in [-0.15, -0.1) is 0 Å². The molecule has 1 aliphatic rings. The lowest BCUT2D eigenvalue weighted by Gasteiger charge is -2.18. The number of nitrogens with one attached hydrogen (secondary N) is 1. The Balaban J connectivity index is 1.97. The zero-order valence-corrected chi connectivity index (χ0v) is 10.4. The van der Waals surface area contributed by atoms with Crippen LogP contribution in [0.3, 0.4) is 0 Å². The molecule has 1 fully saturated rings. The van der Waals surface area contributed by atoms with Crippen molar-refractivity contribution in [1.29, 1.82) is 0 Å². The molecule has 2 unspecified atom stereocenters. The molecule has 88 valence electrons. The Kier molecular flexibility index (Phi) is 3.94. The Morgan fingerprint density at radius 1 is 1.38 bits per heavy atom. The summed E-state index contributed by atoms with van der Waals surface area (Å²) < 4.78 is 0. The van der Waals surface area contributed by atoms with E-state index in [9.17, 15) is 0 Å². The van der Waals surface area contributed by atoms with E-state index in [1.165, 1.54) is 30.5 Å². The van der Waals surface area contributed by atoms with Gasteiger partial charge in [0.1, 0.15) is 0 Å². The first-order chi connectivity index (χ1) is 7.83. The second-order valence-corrected chi connectivity index (χ2v) is 4.80. The number of aryl methyl sites for hydroxylation is 1. The van der Waals surface area contributed by atoms with Gasteiger partial charge in [0.15, 0.2) is 0 Å². The zero-order valence-electron chi connectivity index (χ0n) is 10.4. The molecule has 1 aromatic heterocycles. The predicted octanol–water partition coefficient (Wildman–Crippen LogP) is 2.57. The monoisotopic (exact) mass is 218 g/mol.